The van der Waals surface area contributed by atoms with Crippen molar-refractivity contribution < 1.29 is 9.53 Å². The number of fused-ring (bicyclic) bond motifs is 1. The Hall–Kier alpha value is -1.00. The third kappa shape index (κ3) is 2.95. The average molecular weight is 277 g/mol. The van der Waals surface area contributed by atoms with Crippen molar-refractivity contribution in [3.63, 3.8) is 0 Å². The molecule has 3 nitrogen and oxygen atoms in total. The van der Waals surface area contributed by atoms with Gasteiger partial charge in [0.2, 0.25) is 0 Å². The Morgan fingerprint density at radius 3 is 3.11 bits per heavy atom. The van der Waals surface area contributed by atoms with Gasteiger partial charge in [-0.1, -0.05) is 24.3 Å². The Balaban J connectivity index is 1.68. The molecule has 1 heterocycles. The van der Waals surface area contributed by atoms with Gasteiger partial charge in [0, 0.05) is 18.1 Å². The van der Waals surface area contributed by atoms with Crippen molar-refractivity contribution in [2.75, 3.05) is 18.1 Å². The van der Waals surface area contributed by atoms with Crippen LogP contribution in [0.3, 0.4) is 0 Å². The van der Waals surface area contributed by atoms with E-state index in [4.69, 9.17) is 4.74 Å². The summed E-state index contributed by atoms with van der Waals surface area (Å²) in [4.78, 5) is 12.2. The third-order valence-corrected chi connectivity index (χ3v) is 4.84. The van der Waals surface area contributed by atoms with Gasteiger partial charge in [-0.2, -0.15) is 11.8 Å². The summed E-state index contributed by atoms with van der Waals surface area (Å²) in [6, 6.07) is 8.19. The van der Waals surface area contributed by atoms with E-state index >= 15 is 0 Å². The van der Waals surface area contributed by atoms with Gasteiger partial charge in [0.25, 0.3) is 0 Å². The van der Waals surface area contributed by atoms with E-state index in [9.17, 15) is 4.79 Å². The van der Waals surface area contributed by atoms with E-state index in [2.05, 4.69) is 23.5 Å². The zero-order valence-corrected chi connectivity index (χ0v) is 11.7. The predicted molar refractivity (Wildman–Crippen MR) is 77.3 cm³/mol. The molecule has 1 fully saturated rings. The van der Waals surface area contributed by atoms with Crippen LogP contribution >= 0.6 is 11.8 Å². The van der Waals surface area contributed by atoms with Crippen molar-refractivity contribution in [1.29, 1.82) is 0 Å². The Kier molecular flexibility index (Phi) is 4.09. The largest absolute Gasteiger partial charge is 0.456 e. The maximum Gasteiger partial charge on any atom is 0.324 e. The molecule has 0 saturated carbocycles. The van der Waals surface area contributed by atoms with Crippen molar-refractivity contribution >= 4 is 17.7 Å². The van der Waals surface area contributed by atoms with Crippen LogP contribution in [0.2, 0.25) is 0 Å². The number of nitrogens with one attached hydrogen (secondary N) is 1. The van der Waals surface area contributed by atoms with Crippen LogP contribution in [0.25, 0.3) is 0 Å². The first kappa shape index (κ1) is 13.0. The van der Waals surface area contributed by atoms with Gasteiger partial charge in [0.15, 0.2) is 0 Å². The summed E-state index contributed by atoms with van der Waals surface area (Å²) >= 11 is 1.82. The Morgan fingerprint density at radius 1 is 1.37 bits per heavy atom. The van der Waals surface area contributed by atoms with E-state index in [0.29, 0.717) is 0 Å². The molecule has 1 aromatic carbocycles. The van der Waals surface area contributed by atoms with E-state index < -0.39 is 0 Å². The molecule has 2 atom stereocenters. The Bertz CT molecular complexity index is 457. The van der Waals surface area contributed by atoms with Crippen molar-refractivity contribution in [3.8, 4) is 0 Å². The molecule has 1 saturated heterocycles. The molecule has 0 radical (unpaired) electrons. The molecule has 0 spiro atoms. The highest BCUT2D eigenvalue weighted by Gasteiger charge is 2.28. The fourth-order valence-corrected chi connectivity index (χ4v) is 3.69. The zero-order chi connectivity index (χ0) is 13.1. The van der Waals surface area contributed by atoms with Gasteiger partial charge in [-0.3, -0.25) is 4.79 Å². The van der Waals surface area contributed by atoms with Crippen LogP contribution in [-0.4, -0.2) is 30.1 Å². The van der Waals surface area contributed by atoms with E-state index in [0.717, 1.165) is 37.3 Å². The molecule has 1 N–H and O–H groups in total. The molecule has 102 valence electrons. The highest BCUT2D eigenvalue weighted by atomic mass is 32.2. The average Bonchev–Trinajstić information content (AvgIpc) is 2.48. The summed E-state index contributed by atoms with van der Waals surface area (Å²) in [5, 5.41) is 3.24. The molecule has 2 unspecified atom stereocenters. The molecular weight excluding hydrogens is 258 g/mol. The Labute approximate surface area is 118 Å². The van der Waals surface area contributed by atoms with E-state index in [1.807, 2.05) is 17.8 Å². The molecule has 0 amide bonds. The first-order valence-corrected chi connectivity index (χ1v) is 8.09. The fraction of sp³-hybridized carbons (Fsp3) is 0.533. The Morgan fingerprint density at radius 2 is 2.26 bits per heavy atom. The van der Waals surface area contributed by atoms with Crippen molar-refractivity contribution in [3.05, 3.63) is 35.4 Å². The van der Waals surface area contributed by atoms with Gasteiger partial charge < -0.3 is 10.1 Å². The van der Waals surface area contributed by atoms with Gasteiger partial charge >= 0.3 is 5.97 Å². The lowest BCUT2D eigenvalue weighted by Gasteiger charge is -2.28. The maximum absolute atomic E-state index is 12.2. The number of benzene rings is 1. The second kappa shape index (κ2) is 5.97. The highest BCUT2D eigenvalue weighted by molar-refractivity contribution is 7.99. The van der Waals surface area contributed by atoms with E-state index in [1.165, 1.54) is 11.1 Å². The number of thioether (sulfide) groups is 1. The molecule has 1 aliphatic carbocycles. The highest BCUT2D eigenvalue weighted by Crippen LogP contribution is 2.32. The van der Waals surface area contributed by atoms with Crippen LogP contribution in [0.15, 0.2) is 24.3 Å². The topological polar surface area (TPSA) is 38.3 Å². The molecule has 1 aliphatic heterocycles. The number of ether oxygens (including phenoxy) is 1. The molecule has 0 bridgehead atoms. The first-order chi connectivity index (χ1) is 9.34. The van der Waals surface area contributed by atoms with Crippen molar-refractivity contribution in [2.24, 2.45) is 0 Å². The molecule has 0 aromatic heterocycles. The summed E-state index contributed by atoms with van der Waals surface area (Å²) in [7, 11) is 0. The molecular formula is C15H19NO2S. The van der Waals surface area contributed by atoms with Gasteiger partial charge in [-0.25, -0.2) is 0 Å². The predicted octanol–water partition coefficient (Wildman–Crippen LogP) is 2.31. The summed E-state index contributed by atoms with van der Waals surface area (Å²) < 4.78 is 5.74. The first-order valence-electron chi connectivity index (χ1n) is 6.94. The number of carbonyl (C=O) groups excluding carboxylic acids is 1. The smallest absolute Gasteiger partial charge is 0.324 e. The monoisotopic (exact) mass is 277 g/mol. The number of esters is 1. The van der Waals surface area contributed by atoms with Gasteiger partial charge in [-0.15, -0.1) is 0 Å². The zero-order valence-electron chi connectivity index (χ0n) is 10.9. The van der Waals surface area contributed by atoms with Crippen LogP contribution in [-0.2, 0) is 16.0 Å². The summed E-state index contributed by atoms with van der Waals surface area (Å²) in [6.45, 7) is 0.895. The molecule has 2 aliphatic rings. The molecule has 3 rings (SSSR count). The standard InChI is InChI=1S/C15H19NO2S/c17-15(13-10-19-9-8-16-13)18-14-7-3-5-11-4-1-2-6-12(11)14/h1-2,4,6,13-14,16H,3,5,7-10H2. The van der Waals surface area contributed by atoms with Crippen LogP contribution in [0, 0.1) is 0 Å². The molecule has 4 heteroatoms. The van der Waals surface area contributed by atoms with Gasteiger partial charge in [0.1, 0.15) is 12.1 Å². The summed E-state index contributed by atoms with van der Waals surface area (Å²) in [5.74, 6) is 1.82. The van der Waals surface area contributed by atoms with Crippen LogP contribution in [0.1, 0.15) is 30.1 Å². The molecule has 19 heavy (non-hydrogen) atoms. The van der Waals surface area contributed by atoms with Crippen molar-refractivity contribution in [2.45, 2.75) is 31.4 Å². The van der Waals surface area contributed by atoms with E-state index in [-0.39, 0.29) is 18.1 Å². The minimum Gasteiger partial charge on any atom is -0.456 e. The second-order valence-electron chi connectivity index (χ2n) is 5.10. The SMILES string of the molecule is O=C(OC1CCCc2ccccc21)C1CSCCN1. The quantitative estimate of drug-likeness (QED) is 0.842. The fourth-order valence-electron chi connectivity index (χ4n) is 2.77. The number of aryl methyl sites for hydroxylation is 1. The molecule has 1 aromatic rings. The maximum atomic E-state index is 12.2. The van der Waals surface area contributed by atoms with Crippen molar-refractivity contribution in [1.82, 2.24) is 5.32 Å². The second-order valence-corrected chi connectivity index (χ2v) is 6.25. The minimum atomic E-state index is -0.132. The number of hydrogen-bond acceptors (Lipinski definition) is 4. The number of rotatable bonds is 2. The lowest BCUT2D eigenvalue weighted by Crippen LogP contribution is -2.44. The minimum absolute atomic E-state index is 0.0498. The normalized spacial score (nSPS) is 26.5. The number of carbonyl (C=O) groups is 1. The third-order valence-electron chi connectivity index (χ3n) is 3.78. The lowest BCUT2D eigenvalue weighted by molar-refractivity contribution is -0.152. The number of hydrogen-bond donors (Lipinski definition) is 1. The van der Waals surface area contributed by atoms with Crippen LogP contribution in [0.5, 0.6) is 0 Å². The van der Waals surface area contributed by atoms with E-state index in [1.54, 1.807) is 0 Å². The van der Waals surface area contributed by atoms with Gasteiger partial charge in [0.05, 0.1) is 0 Å². The lowest BCUT2D eigenvalue weighted by atomic mass is 9.89. The van der Waals surface area contributed by atoms with Gasteiger partial charge in [-0.05, 0) is 30.4 Å². The van der Waals surface area contributed by atoms with Crippen LogP contribution < -0.4 is 5.32 Å². The summed E-state index contributed by atoms with van der Waals surface area (Å²) in [5.41, 5.74) is 2.53. The van der Waals surface area contributed by atoms with Crippen LogP contribution in [0.4, 0.5) is 0 Å². The summed E-state index contributed by atoms with van der Waals surface area (Å²) in [6.07, 6.45) is 3.10.